The molecule has 0 amide bonds. The molecule has 3 nitrogen and oxygen atoms in total. The van der Waals surface area contributed by atoms with Crippen LogP contribution in [0.3, 0.4) is 0 Å². The molecule has 0 heterocycles. The molecule has 1 aromatic carbocycles. The first kappa shape index (κ1) is 13.8. The van der Waals surface area contributed by atoms with Crippen LogP contribution in [0.5, 0.6) is 11.5 Å². The highest BCUT2D eigenvalue weighted by molar-refractivity contribution is 5.40. The maximum atomic E-state index is 5.78. The van der Waals surface area contributed by atoms with Crippen molar-refractivity contribution in [3.63, 3.8) is 0 Å². The minimum absolute atomic E-state index is 0.623. The zero-order valence-electron chi connectivity index (χ0n) is 10.9. The molecule has 0 saturated heterocycles. The molecular weight excluding hydrogens is 214 g/mol. The highest BCUT2D eigenvalue weighted by Crippen LogP contribution is 2.24. The Balaban J connectivity index is 2.62. The van der Waals surface area contributed by atoms with Crippen LogP contribution in [-0.2, 0) is 6.42 Å². The Morgan fingerprint density at radius 1 is 1.24 bits per heavy atom. The van der Waals surface area contributed by atoms with E-state index in [1.807, 2.05) is 18.2 Å². The molecule has 0 unspecified atom stereocenters. The second-order valence-corrected chi connectivity index (χ2v) is 4.07. The lowest BCUT2D eigenvalue weighted by Crippen LogP contribution is -2.06. The molecule has 0 bridgehead atoms. The summed E-state index contributed by atoms with van der Waals surface area (Å²) in [5.41, 5.74) is 6.73. The molecule has 1 aromatic rings. The molecule has 17 heavy (non-hydrogen) atoms. The molecular formula is C14H23NO2. The topological polar surface area (TPSA) is 44.5 Å². The molecule has 1 rings (SSSR count). The number of hydrogen-bond donors (Lipinski definition) is 1. The van der Waals surface area contributed by atoms with E-state index in [1.165, 1.54) is 12.8 Å². The molecule has 0 atom stereocenters. The summed E-state index contributed by atoms with van der Waals surface area (Å²) in [5, 5.41) is 0. The van der Waals surface area contributed by atoms with E-state index in [4.69, 9.17) is 15.2 Å². The van der Waals surface area contributed by atoms with Crippen LogP contribution < -0.4 is 15.2 Å². The normalized spacial score (nSPS) is 10.3. The van der Waals surface area contributed by atoms with E-state index in [0.29, 0.717) is 6.54 Å². The van der Waals surface area contributed by atoms with Gasteiger partial charge in [0.05, 0.1) is 13.7 Å². The minimum Gasteiger partial charge on any atom is -0.497 e. The summed E-state index contributed by atoms with van der Waals surface area (Å²) in [6, 6.07) is 5.90. The number of nitrogens with two attached hydrogens (primary N) is 1. The smallest absolute Gasteiger partial charge is 0.122 e. The first-order valence-electron chi connectivity index (χ1n) is 6.31. The van der Waals surface area contributed by atoms with Gasteiger partial charge in [-0.05, 0) is 43.1 Å². The van der Waals surface area contributed by atoms with E-state index in [-0.39, 0.29) is 0 Å². The van der Waals surface area contributed by atoms with Crippen molar-refractivity contribution in [2.75, 3.05) is 20.3 Å². The maximum absolute atomic E-state index is 5.78. The molecule has 0 spiro atoms. The van der Waals surface area contributed by atoms with E-state index in [9.17, 15) is 0 Å². The lowest BCUT2D eigenvalue weighted by Gasteiger charge is -2.12. The van der Waals surface area contributed by atoms with Crippen molar-refractivity contribution in [3.8, 4) is 11.5 Å². The highest BCUT2D eigenvalue weighted by atomic mass is 16.5. The third kappa shape index (κ3) is 4.65. The van der Waals surface area contributed by atoms with E-state index < -0.39 is 0 Å². The van der Waals surface area contributed by atoms with Gasteiger partial charge in [0.15, 0.2) is 0 Å². The molecule has 2 N–H and O–H groups in total. The summed E-state index contributed by atoms with van der Waals surface area (Å²) < 4.78 is 11.0. The van der Waals surface area contributed by atoms with Crippen LogP contribution in [0.1, 0.15) is 31.7 Å². The summed E-state index contributed by atoms with van der Waals surface area (Å²) in [6.07, 6.45) is 4.34. The fourth-order valence-electron chi connectivity index (χ4n) is 1.71. The second kappa shape index (κ2) is 7.96. The summed E-state index contributed by atoms with van der Waals surface area (Å²) in [7, 11) is 1.67. The highest BCUT2D eigenvalue weighted by Gasteiger charge is 2.05. The zero-order chi connectivity index (χ0) is 12.5. The zero-order valence-corrected chi connectivity index (χ0v) is 10.9. The van der Waals surface area contributed by atoms with Gasteiger partial charge in [-0.2, -0.15) is 0 Å². The standard InChI is InChI=1S/C14H23NO2/c1-3-4-5-10-17-14-7-6-13(16-2)11-12(14)8-9-15/h6-7,11H,3-5,8-10,15H2,1-2H3. The van der Waals surface area contributed by atoms with Gasteiger partial charge >= 0.3 is 0 Å². The van der Waals surface area contributed by atoms with E-state index in [0.717, 1.165) is 36.5 Å². The van der Waals surface area contributed by atoms with Crippen LogP contribution in [0.4, 0.5) is 0 Å². The molecule has 0 aromatic heterocycles. The van der Waals surface area contributed by atoms with Gasteiger partial charge in [-0.1, -0.05) is 19.8 Å². The Labute approximate surface area is 104 Å². The first-order valence-corrected chi connectivity index (χ1v) is 6.31. The second-order valence-electron chi connectivity index (χ2n) is 4.07. The maximum Gasteiger partial charge on any atom is 0.122 e. The number of methoxy groups -OCH3 is 1. The van der Waals surface area contributed by atoms with Crippen LogP contribution in [0.2, 0.25) is 0 Å². The van der Waals surface area contributed by atoms with Crippen molar-refractivity contribution < 1.29 is 9.47 Å². The van der Waals surface area contributed by atoms with Crippen LogP contribution in [-0.4, -0.2) is 20.3 Å². The van der Waals surface area contributed by atoms with Gasteiger partial charge in [0, 0.05) is 0 Å². The molecule has 0 radical (unpaired) electrons. The minimum atomic E-state index is 0.623. The Morgan fingerprint density at radius 2 is 2.06 bits per heavy atom. The molecule has 0 aliphatic heterocycles. The van der Waals surface area contributed by atoms with Gasteiger partial charge in [-0.15, -0.1) is 0 Å². The van der Waals surface area contributed by atoms with Crippen molar-refractivity contribution in [1.29, 1.82) is 0 Å². The predicted octanol–water partition coefficient (Wildman–Crippen LogP) is 2.77. The van der Waals surface area contributed by atoms with Crippen molar-refractivity contribution >= 4 is 0 Å². The van der Waals surface area contributed by atoms with Crippen LogP contribution in [0, 0.1) is 0 Å². The quantitative estimate of drug-likeness (QED) is 0.707. The van der Waals surface area contributed by atoms with Crippen molar-refractivity contribution in [3.05, 3.63) is 23.8 Å². The summed E-state index contributed by atoms with van der Waals surface area (Å²) in [5.74, 6) is 1.79. The Kier molecular flexibility index (Phi) is 6.48. The Morgan fingerprint density at radius 3 is 2.71 bits per heavy atom. The third-order valence-corrected chi connectivity index (χ3v) is 2.69. The van der Waals surface area contributed by atoms with E-state index >= 15 is 0 Å². The van der Waals surface area contributed by atoms with Crippen molar-refractivity contribution in [1.82, 2.24) is 0 Å². The van der Waals surface area contributed by atoms with Crippen molar-refractivity contribution in [2.24, 2.45) is 5.73 Å². The first-order chi connectivity index (χ1) is 8.31. The van der Waals surface area contributed by atoms with Gasteiger partial charge < -0.3 is 15.2 Å². The number of ether oxygens (including phenoxy) is 2. The van der Waals surface area contributed by atoms with E-state index in [1.54, 1.807) is 7.11 Å². The summed E-state index contributed by atoms with van der Waals surface area (Å²) in [4.78, 5) is 0. The summed E-state index contributed by atoms with van der Waals surface area (Å²) in [6.45, 7) is 3.59. The molecule has 0 fully saturated rings. The lowest BCUT2D eigenvalue weighted by molar-refractivity contribution is 0.302. The van der Waals surface area contributed by atoms with Gasteiger partial charge in [-0.3, -0.25) is 0 Å². The van der Waals surface area contributed by atoms with Crippen LogP contribution >= 0.6 is 0 Å². The van der Waals surface area contributed by atoms with Crippen LogP contribution in [0.15, 0.2) is 18.2 Å². The van der Waals surface area contributed by atoms with Crippen molar-refractivity contribution in [2.45, 2.75) is 32.6 Å². The monoisotopic (exact) mass is 237 g/mol. The third-order valence-electron chi connectivity index (χ3n) is 2.69. The fourth-order valence-corrected chi connectivity index (χ4v) is 1.71. The Bertz CT molecular complexity index is 326. The lowest BCUT2D eigenvalue weighted by atomic mass is 10.1. The number of unbranched alkanes of at least 4 members (excludes halogenated alkanes) is 2. The average molecular weight is 237 g/mol. The molecule has 3 heteroatoms. The van der Waals surface area contributed by atoms with Gasteiger partial charge in [0.1, 0.15) is 11.5 Å². The molecule has 0 aliphatic carbocycles. The SMILES string of the molecule is CCCCCOc1ccc(OC)cc1CCN. The van der Waals surface area contributed by atoms with Crippen LogP contribution in [0.25, 0.3) is 0 Å². The van der Waals surface area contributed by atoms with Gasteiger partial charge in [0.25, 0.3) is 0 Å². The van der Waals surface area contributed by atoms with E-state index in [2.05, 4.69) is 6.92 Å². The van der Waals surface area contributed by atoms with Gasteiger partial charge in [0.2, 0.25) is 0 Å². The molecule has 96 valence electrons. The largest absolute Gasteiger partial charge is 0.497 e. The summed E-state index contributed by atoms with van der Waals surface area (Å²) >= 11 is 0. The predicted molar refractivity (Wildman–Crippen MR) is 70.8 cm³/mol. The molecule has 0 saturated carbocycles. The molecule has 0 aliphatic rings. The van der Waals surface area contributed by atoms with Gasteiger partial charge in [-0.25, -0.2) is 0 Å². The Hall–Kier alpha value is -1.22. The fraction of sp³-hybridized carbons (Fsp3) is 0.571. The number of benzene rings is 1. The number of hydrogen-bond acceptors (Lipinski definition) is 3. The average Bonchev–Trinajstić information content (AvgIpc) is 2.36. The number of rotatable bonds is 8.